The molecule has 0 aromatic rings. The number of aliphatic hydroxyl groups is 4. The van der Waals surface area contributed by atoms with Crippen molar-refractivity contribution in [2.75, 3.05) is 78.5 Å². The van der Waals surface area contributed by atoms with Gasteiger partial charge in [-0.1, -0.05) is 83.1 Å². The number of aliphatic hydroxyl groups excluding tert-OH is 4. The number of likely N-dealkylation sites (N-methyl/N-ethyl adjacent to an activating group) is 4. The average molecular weight is 672 g/mol. The third-order valence-electron chi connectivity index (χ3n) is 7.34. The Bertz CT molecular complexity index is 373. The second-order valence-electron chi connectivity index (χ2n) is 10.2. The molecular weight excluding hydrogens is 596 g/mol. The minimum atomic E-state index is -0.139. The van der Waals surface area contributed by atoms with Crippen molar-refractivity contribution in [2.45, 2.75) is 133 Å². The Labute approximate surface area is 277 Å². The maximum absolute atomic E-state index is 9.25. The topological polar surface area (TPSA) is 93.9 Å². The molecule has 0 rings (SSSR count). The standard InChI is InChI=1S/4C8H19NO.Zr/c4*1-4-8(10)7-9(5-2)6-3;/h4*8,10H,4-7H2,1-3H3;. The van der Waals surface area contributed by atoms with Crippen molar-refractivity contribution in [3.63, 3.8) is 0 Å². The molecule has 252 valence electrons. The van der Waals surface area contributed by atoms with E-state index in [-0.39, 0.29) is 50.6 Å². The van der Waals surface area contributed by atoms with Gasteiger partial charge in [-0.05, 0) is 78.0 Å². The van der Waals surface area contributed by atoms with Gasteiger partial charge in [0.15, 0.2) is 0 Å². The van der Waals surface area contributed by atoms with Crippen LogP contribution in [0.25, 0.3) is 0 Å². The first kappa shape index (κ1) is 51.2. The molecule has 0 spiro atoms. The van der Waals surface area contributed by atoms with Crippen molar-refractivity contribution >= 4 is 0 Å². The summed E-state index contributed by atoms with van der Waals surface area (Å²) in [7, 11) is 0. The van der Waals surface area contributed by atoms with E-state index >= 15 is 0 Å². The monoisotopic (exact) mass is 670 g/mol. The molecule has 41 heavy (non-hydrogen) atoms. The van der Waals surface area contributed by atoms with Crippen LogP contribution in [0.15, 0.2) is 0 Å². The van der Waals surface area contributed by atoms with E-state index in [0.717, 1.165) is 104 Å². The fourth-order valence-electron chi connectivity index (χ4n) is 3.64. The van der Waals surface area contributed by atoms with E-state index in [9.17, 15) is 20.4 Å². The van der Waals surface area contributed by atoms with Gasteiger partial charge in [-0.15, -0.1) is 0 Å². The summed E-state index contributed by atoms with van der Waals surface area (Å²) in [4.78, 5) is 8.92. The van der Waals surface area contributed by atoms with Gasteiger partial charge >= 0.3 is 0 Å². The summed E-state index contributed by atoms with van der Waals surface area (Å²) in [5, 5.41) is 37.0. The molecule has 0 radical (unpaired) electrons. The van der Waals surface area contributed by atoms with Gasteiger partial charge in [0.1, 0.15) is 0 Å². The molecule has 0 bridgehead atoms. The number of hydrogen-bond donors (Lipinski definition) is 4. The molecule has 9 heteroatoms. The number of hydrogen-bond acceptors (Lipinski definition) is 8. The Morgan fingerprint density at radius 3 is 0.512 bits per heavy atom. The van der Waals surface area contributed by atoms with Gasteiger partial charge < -0.3 is 40.0 Å². The van der Waals surface area contributed by atoms with E-state index in [1.54, 1.807) is 0 Å². The Morgan fingerprint density at radius 1 is 0.317 bits per heavy atom. The molecule has 0 saturated carbocycles. The summed E-state index contributed by atoms with van der Waals surface area (Å²) in [5.74, 6) is 0. The van der Waals surface area contributed by atoms with Gasteiger partial charge in [0.25, 0.3) is 0 Å². The third kappa shape index (κ3) is 36.7. The number of rotatable bonds is 20. The summed E-state index contributed by atoms with van der Waals surface area (Å²) < 4.78 is 0. The van der Waals surface area contributed by atoms with Crippen LogP contribution >= 0.6 is 0 Å². The molecule has 0 fully saturated rings. The molecule has 0 aromatic heterocycles. The molecule has 0 aliphatic heterocycles. The van der Waals surface area contributed by atoms with Crippen LogP contribution in [0.5, 0.6) is 0 Å². The Balaban J connectivity index is -0.000000139. The Hall–Kier alpha value is 0.563. The van der Waals surface area contributed by atoms with E-state index < -0.39 is 0 Å². The van der Waals surface area contributed by atoms with E-state index in [1.807, 2.05) is 27.7 Å². The quantitative estimate of drug-likeness (QED) is 0.152. The molecule has 0 amide bonds. The van der Waals surface area contributed by atoms with Crippen LogP contribution in [0.1, 0.15) is 109 Å². The first-order valence-corrected chi connectivity index (χ1v) is 16.6. The van der Waals surface area contributed by atoms with E-state index in [1.165, 1.54) is 0 Å². The van der Waals surface area contributed by atoms with Gasteiger partial charge in [-0.25, -0.2) is 0 Å². The zero-order valence-corrected chi connectivity index (χ0v) is 32.2. The summed E-state index contributed by atoms with van der Waals surface area (Å²) in [6.45, 7) is 36.5. The molecule has 0 heterocycles. The minimum absolute atomic E-state index is 0. The largest absolute Gasteiger partial charge is 0.392 e. The van der Waals surface area contributed by atoms with Crippen molar-refractivity contribution in [1.82, 2.24) is 19.6 Å². The molecule has 8 nitrogen and oxygen atoms in total. The first-order valence-electron chi connectivity index (χ1n) is 16.6. The molecule has 4 N–H and O–H groups in total. The van der Waals surface area contributed by atoms with Crippen molar-refractivity contribution in [3.05, 3.63) is 0 Å². The van der Waals surface area contributed by atoms with Crippen LogP contribution in [0.2, 0.25) is 0 Å². The molecule has 0 aliphatic rings. The van der Waals surface area contributed by atoms with Crippen LogP contribution < -0.4 is 0 Å². The number of nitrogens with zero attached hydrogens (tertiary/aromatic N) is 4. The summed E-state index contributed by atoms with van der Waals surface area (Å²) in [6, 6.07) is 0. The van der Waals surface area contributed by atoms with Crippen molar-refractivity contribution < 1.29 is 46.6 Å². The molecule has 0 aromatic carbocycles. The molecule has 0 saturated heterocycles. The Morgan fingerprint density at radius 2 is 0.439 bits per heavy atom. The smallest absolute Gasteiger partial charge is 0.0664 e. The van der Waals surface area contributed by atoms with Crippen LogP contribution in [0, 0.1) is 0 Å². The predicted octanol–water partition coefficient (Wildman–Crippen LogP) is 4.39. The van der Waals surface area contributed by atoms with E-state index in [0.29, 0.717) is 0 Å². The van der Waals surface area contributed by atoms with Crippen molar-refractivity contribution in [2.24, 2.45) is 0 Å². The summed E-state index contributed by atoms with van der Waals surface area (Å²) >= 11 is 0. The summed E-state index contributed by atoms with van der Waals surface area (Å²) in [6.07, 6.45) is 2.87. The molecule has 4 unspecified atom stereocenters. The van der Waals surface area contributed by atoms with Gasteiger partial charge in [0.05, 0.1) is 24.4 Å². The first-order chi connectivity index (χ1) is 19.0. The second-order valence-corrected chi connectivity index (χ2v) is 10.2. The SMILES string of the molecule is CCC(O)CN(CC)CC.CCC(O)CN(CC)CC.CCC(O)CN(CC)CC.CCC(O)CN(CC)CC.[Zr]. The van der Waals surface area contributed by atoms with Crippen LogP contribution in [0.4, 0.5) is 0 Å². The maximum atomic E-state index is 9.25. The van der Waals surface area contributed by atoms with Gasteiger partial charge in [-0.2, -0.15) is 0 Å². The van der Waals surface area contributed by atoms with Gasteiger partial charge in [0.2, 0.25) is 0 Å². The molecule has 0 aliphatic carbocycles. The normalized spacial score (nSPS) is 13.8. The zero-order chi connectivity index (χ0) is 31.9. The zero-order valence-electron chi connectivity index (χ0n) is 29.7. The van der Waals surface area contributed by atoms with Crippen molar-refractivity contribution in [1.29, 1.82) is 0 Å². The van der Waals surface area contributed by atoms with E-state index in [2.05, 4.69) is 75.0 Å². The van der Waals surface area contributed by atoms with Gasteiger partial charge in [-0.3, -0.25) is 0 Å². The molecular formula is C32H76N4O4Zr. The fourth-order valence-corrected chi connectivity index (χ4v) is 3.64. The van der Waals surface area contributed by atoms with Crippen molar-refractivity contribution in [3.8, 4) is 0 Å². The third-order valence-corrected chi connectivity index (χ3v) is 7.34. The Kier molecular flexibility index (Phi) is 48.1. The average Bonchev–Trinajstić information content (AvgIpc) is 3.00. The fraction of sp³-hybridized carbons (Fsp3) is 1.00. The van der Waals surface area contributed by atoms with Gasteiger partial charge in [0, 0.05) is 52.4 Å². The predicted molar refractivity (Wildman–Crippen MR) is 176 cm³/mol. The summed E-state index contributed by atoms with van der Waals surface area (Å²) in [5.41, 5.74) is 0. The van der Waals surface area contributed by atoms with E-state index in [4.69, 9.17) is 0 Å². The second kappa shape index (κ2) is 38.6. The minimum Gasteiger partial charge on any atom is -0.392 e. The van der Waals surface area contributed by atoms with Crippen LogP contribution in [-0.4, -0.2) is 143 Å². The van der Waals surface area contributed by atoms with Crippen LogP contribution in [0.3, 0.4) is 0 Å². The molecule has 4 atom stereocenters. The maximum Gasteiger partial charge on any atom is 0.0664 e. The van der Waals surface area contributed by atoms with Crippen LogP contribution in [-0.2, 0) is 26.2 Å².